The smallest absolute Gasteiger partial charge is 0.147 e. The zero-order valence-electron chi connectivity index (χ0n) is 11.2. The van der Waals surface area contributed by atoms with Gasteiger partial charge in [0.15, 0.2) is 0 Å². The second kappa shape index (κ2) is 4.46. The van der Waals surface area contributed by atoms with Crippen LogP contribution in [0.2, 0.25) is 0 Å². The molecule has 0 unspecified atom stereocenters. The van der Waals surface area contributed by atoms with Crippen LogP contribution in [-0.2, 0) is 0 Å². The van der Waals surface area contributed by atoms with Crippen LogP contribution in [0.5, 0.6) is 0 Å². The molecule has 4 nitrogen and oxygen atoms in total. The largest absolute Gasteiger partial charge is 0.355 e. The Morgan fingerprint density at radius 3 is 2.70 bits per heavy atom. The maximum Gasteiger partial charge on any atom is 0.147 e. The SMILES string of the molecule is N#Cc1cc2ccccc2nc1N1C[C@H]2CNC[C@H]2C1. The molecule has 0 saturated carbocycles. The first-order chi connectivity index (χ1) is 9.85. The number of hydrogen-bond donors (Lipinski definition) is 1. The molecule has 2 saturated heterocycles. The van der Waals surface area contributed by atoms with Crippen LogP contribution in [0.1, 0.15) is 5.56 Å². The van der Waals surface area contributed by atoms with E-state index in [-0.39, 0.29) is 0 Å². The first kappa shape index (κ1) is 11.7. The van der Waals surface area contributed by atoms with E-state index in [2.05, 4.69) is 16.3 Å². The molecular weight excluding hydrogens is 248 g/mol. The van der Waals surface area contributed by atoms with Crippen molar-refractivity contribution in [1.29, 1.82) is 5.26 Å². The Morgan fingerprint density at radius 1 is 1.20 bits per heavy atom. The van der Waals surface area contributed by atoms with Gasteiger partial charge in [0.25, 0.3) is 0 Å². The molecule has 0 bridgehead atoms. The summed E-state index contributed by atoms with van der Waals surface area (Å²) in [4.78, 5) is 7.03. The molecule has 2 fully saturated rings. The second-order valence-corrected chi connectivity index (χ2v) is 5.75. The predicted octanol–water partition coefficient (Wildman–Crippen LogP) is 1.76. The summed E-state index contributed by atoms with van der Waals surface area (Å²) in [5, 5.41) is 13.9. The molecule has 2 aromatic rings. The van der Waals surface area contributed by atoms with E-state index in [1.807, 2.05) is 30.3 Å². The Bertz CT molecular complexity index is 691. The van der Waals surface area contributed by atoms with Crippen LogP contribution in [0.3, 0.4) is 0 Å². The van der Waals surface area contributed by atoms with Crippen LogP contribution in [0.25, 0.3) is 10.9 Å². The maximum atomic E-state index is 9.41. The van der Waals surface area contributed by atoms with E-state index in [0.717, 1.165) is 42.9 Å². The van der Waals surface area contributed by atoms with E-state index < -0.39 is 0 Å². The van der Waals surface area contributed by atoms with Crippen molar-refractivity contribution in [3.05, 3.63) is 35.9 Å². The minimum absolute atomic E-state index is 0.691. The van der Waals surface area contributed by atoms with Crippen LogP contribution in [0.4, 0.5) is 5.82 Å². The zero-order valence-corrected chi connectivity index (χ0v) is 11.2. The van der Waals surface area contributed by atoms with Gasteiger partial charge in [-0.25, -0.2) is 4.98 Å². The number of pyridine rings is 1. The number of aromatic nitrogens is 1. The molecule has 2 aliphatic rings. The van der Waals surface area contributed by atoms with Gasteiger partial charge in [0.1, 0.15) is 11.9 Å². The summed E-state index contributed by atoms with van der Waals surface area (Å²) in [5.74, 6) is 2.27. The van der Waals surface area contributed by atoms with Gasteiger partial charge < -0.3 is 10.2 Å². The number of nitrogens with one attached hydrogen (secondary N) is 1. The number of rotatable bonds is 1. The number of nitrogens with zero attached hydrogens (tertiary/aromatic N) is 3. The molecule has 1 N–H and O–H groups in total. The third-order valence-corrected chi connectivity index (χ3v) is 4.51. The topological polar surface area (TPSA) is 52.0 Å². The third kappa shape index (κ3) is 1.75. The summed E-state index contributed by atoms with van der Waals surface area (Å²) >= 11 is 0. The highest BCUT2D eigenvalue weighted by Gasteiger charge is 2.37. The van der Waals surface area contributed by atoms with E-state index in [0.29, 0.717) is 17.4 Å². The van der Waals surface area contributed by atoms with E-state index in [9.17, 15) is 5.26 Å². The maximum absolute atomic E-state index is 9.41. The fraction of sp³-hybridized carbons (Fsp3) is 0.375. The summed E-state index contributed by atoms with van der Waals surface area (Å²) in [5.41, 5.74) is 1.66. The van der Waals surface area contributed by atoms with Crippen LogP contribution in [-0.4, -0.2) is 31.2 Å². The van der Waals surface area contributed by atoms with Gasteiger partial charge in [0.2, 0.25) is 0 Å². The highest BCUT2D eigenvalue weighted by Crippen LogP contribution is 2.32. The van der Waals surface area contributed by atoms with Crippen LogP contribution in [0, 0.1) is 23.2 Å². The summed E-state index contributed by atoms with van der Waals surface area (Å²) in [6, 6.07) is 12.3. The lowest BCUT2D eigenvalue weighted by Crippen LogP contribution is -2.26. The fourth-order valence-electron chi connectivity index (χ4n) is 3.46. The molecule has 1 aromatic carbocycles. The van der Waals surface area contributed by atoms with Gasteiger partial charge in [0.05, 0.1) is 11.1 Å². The van der Waals surface area contributed by atoms with E-state index >= 15 is 0 Å². The molecule has 0 aliphatic carbocycles. The van der Waals surface area contributed by atoms with Crippen molar-refractivity contribution in [3.63, 3.8) is 0 Å². The summed E-state index contributed by atoms with van der Waals surface area (Å²) in [6.45, 7) is 4.21. The monoisotopic (exact) mass is 264 g/mol. The van der Waals surface area contributed by atoms with E-state index in [1.165, 1.54) is 0 Å². The normalized spacial score (nSPS) is 24.9. The van der Waals surface area contributed by atoms with Crippen molar-refractivity contribution in [2.24, 2.45) is 11.8 Å². The van der Waals surface area contributed by atoms with Crippen molar-refractivity contribution in [3.8, 4) is 6.07 Å². The molecule has 0 radical (unpaired) electrons. The van der Waals surface area contributed by atoms with E-state index in [4.69, 9.17) is 4.98 Å². The molecule has 2 aliphatic heterocycles. The Morgan fingerprint density at radius 2 is 1.95 bits per heavy atom. The Kier molecular flexibility index (Phi) is 2.61. The standard InChI is InChI=1S/C16H16N4/c17-6-12-5-11-3-1-2-4-15(11)19-16(12)20-9-13-7-18-8-14(13)10-20/h1-5,13-14,18H,7-10H2/t13-,14+. The van der Waals surface area contributed by atoms with Crippen molar-refractivity contribution in [2.75, 3.05) is 31.1 Å². The minimum Gasteiger partial charge on any atom is -0.355 e. The summed E-state index contributed by atoms with van der Waals surface area (Å²) < 4.78 is 0. The average Bonchev–Trinajstić information content (AvgIpc) is 3.07. The Labute approximate surface area is 118 Å². The number of anilines is 1. The molecular formula is C16H16N4. The van der Waals surface area contributed by atoms with Crippen LogP contribution >= 0.6 is 0 Å². The summed E-state index contributed by atoms with van der Waals surface area (Å²) in [7, 11) is 0. The van der Waals surface area contributed by atoms with Crippen molar-refractivity contribution in [1.82, 2.24) is 10.3 Å². The first-order valence-electron chi connectivity index (χ1n) is 7.11. The van der Waals surface area contributed by atoms with E-state index in [1.54, 1.807) is 0 Å². The lowest BCUT2D eigenvalue weighted by atomic mass is 10.0. The van der Waals surface area contributed by atoms with Gasteiger partial charge in [-0.1, -0.05) is 18.2 Å². The average molecular weight is 264 g/mol. The van der Waals surface area contributed by atoms with Crippen LogP contribution < -0.4 is 10.2 Å². The predicted molar refractivity (Wildman–Crippen MR) is 78.5 cm³/mol. The molecule has 2 atom stereocenters. The van der Waals surface area contributed by atoms with Gasteiger partial charge in [0, 0.05) is 31.6 Å². The summed E-state index contributed by atoms with van der Waals surface area (Å²) in [6.07, 6.45) is 0. The third-order valence-electron chi connectivity index (χ3n) is 4.51. The van der Waals surface area contributed by atoms with Crippen molar-refractivity contribution < 1.29 is 0 Å². The van der Waals surface area contributed by atoms with Gasteiger partial charge in [-0.2, -0.15) is 5.26 Å². The first-order valence-corrected chi connectivity index (χ1v) is 7.11. The molecule has 0 spiro atoms. The fourth-order valence-corrected chi connectivity index (χ4v) is 3.46. The molecule has 20 heavy (non-hydrogen) atoms. The number of hydrogen-bond acceptors (Lipinski definition) is 4. The second-order valence-electron chi connectivity index (χ2n) is 5.75. The van der Waals surface area contributed by atoms with Gasteiger partial charge in [-0.05, 0) is 24.0 Å². The number of para-hydroxylation sites is 1. The number of benzene rings is 1. The highest BCUT2D eigenvalue weighted by atomic mass is 15.2. The Hall–Kier alpha value is -2.12. The molecule has 3 heterocycles. The molecule has 1 aromatic heterocycles. The van der Waals surface area contributed by atoms with Crippen molar-refractivity contribution in [2.45, 2.75) is 0 Å². The van der Waals surface area contributed by atoms with Gasteiger partial charge in [-0.15, -0.1) is 0 Å². The van der Waals surface area contributed by atoms with Crippen molar-refractivity contribution >= 4 is 16.7 Å². The molecule has 0 amide bonds. The number of fused-ring (bicyclic) bond motifs is 2. The molecule has 4 rings (SSSR count). The Balaban J connectivity index is 1.77. The zero-order chi connectivity index (χ0) is 13.5. The molecule has 100 valence electrons. The van der Waals surface area contributed by atoms with Crippen LogP contribution in [0.15, 0.2) is 30.3 Å². The minimum atomic E-state index is 0.691. The lowest BCUT2D eigenvalue weighted by molar-refractivity contribution is 0.533. The molecule has 4 heteroatoms. The van der Waals surface area contributed by atoms with Gasteiger partial charge >= 0.3 is 0 Å². The van der Waals surface area contributed by atoms with Gasteiger partial charge in [-0.3, -0.25) is 0 Å². The quantitative estimate of drug-likeness (QED) is 0.852. The number of nitriles is 1. The highest BCUT2D eigenvalue weighted by molar-refractivity contribution is 5.83. The lowest BCUT2D eigenvalue weighted by Gasteiger charge is -2.20.